The second kappa shape index (κ2) is 7.91. The van der Waals surface area contributed by atoms with Gasteiger partial charge in [-0.25, -0.2) is 0 Å². The molecule has 0 radical (unpaired) electrons. The predicted octanol–water partition coefficient (Wildman–Crippen LogP) is 5.40. The van der Waals surface area contributed by atoms with Crippen LogP contribution >= 0.6 is 27.5 Å². The summed E-state index contributed by atoms with van der Waals surface area (Å²) in [6.45, 7) is 4.41. The molecule has 1 atom stereocenters. The van der Waals surface area contributed by atoms with Crippen molar-refractivity contribution in [1.29, 1.82) is 0 Å². The Morgan fingerprint density at radius 3 is 2.65 bits per heavy atom. The minimum Gasteiger partial charge on any atom is -0.489 e. The minimum atomic E-state index is -0.157. The van der Waals surface area contributed by atoms with Crippen LogP contribution < -0.4 is 16.0 Å². The number of halogens is 2. The van der Waals surface area contributed by atoms with E-state index in [1.54, 1.807) is 12.3 Å². The maximum absolute atomic E-state index is 12.0. The van der Waals surface area contributed by atoms with Gasteiger partial charge in [0, 0.05) is 27.5 Å². The molecule has 0 amide bonds. The molecule has 1 aromatic heterocycles. The van der Waals surface area contributed by atoms with Gasteiger partial charge in [-0.3, -0.25) is 4.79 Å². The average molecular weight is 442 g/mol. The Bertz CT molecular complexity index is 844. The van der Waals surface area contributed by atoms with Crippen molar-refractivity contribution < 1.29 is 4.74 Å². The fourth-order valence-corrected chi connectivity index (χ4v) is 4.85. The molecule has 1 heterocycles. The monoisotopic (exact) mass is 440 g/mol. The number of aromatic nitrogens is 1. The van der Waals surface area contributed by atoms with Crippen LogP contribution in [-0.2, 0) is 0 Å². The van der Waals surface area contributed by atoms with Gasteiger partial charge in [0.05, 0.1) is 11.1 Å². The number of aromatic amines is 1. The predicted molar refractivity (Wildman–Crippen MR) is 111 cm³/mol. The van der Waals surface area contributed by atoms with Crippen LogP contribution in [0.1, 0.15) is 52.4 Å². The Balaban J connectivity index is 1.79. The van der Waals surface area contributed by atoms with Crippen LogP contribution in [-0.4, -0.2) is 17.1 Å². The van der Waals surface area contributed by atoms with Crippen LogP contribution in [0.15, 0.2) is 27.6 Å². The van der Waals surface area contributed by atoms with Crippen molar-refractivity contribution in [1.82, 2.24) is 4.98 Å². The first-order valence-corrected chi connectivity index (χ1v) is 10.5. The molecule has 1 aliphatic rings. The lowest BCUT2D eigenvalue weighted by molar-refractivity contribution is 0.0569. The largest absolute Gasteiger partial charge is 0.489 e. The lowest BCUT2D eigenvalue weighted by atomic mass is 9.66. The minimum absolute atomic E-state index is 0.134. The normalized spacial score (nSPS) is 24.6. The molecule has 1 saturated carbocycles. The zero-order chi connectivity index (χ0) is 18.9. The number of H-pyrrole nitrogens is 1. The summed E-state index contributed by atoms with van der Waals surface area (Å²) in [5.41, 5.74) is 6.49. The van der Waals surface area contributed by atoms with Crippen molar-refractivity contribution in [2.45, 2.75) is 64.5 Å². The summed E-state index contributed by atoms with van der Waals surface area (Å²) in [5.74, 6) is 0.638. The third kappa shape index (κ3) is 3.67. The molecule has 1 aromatic carbocycles. The van der Waals surface area contributed by atoms with Gasteiger partial charge in [0.15, 0.2) is 0 Å². The summed E-state index contributed by atoms with van der Waals surface area (Å²) in [5, 5.41) is 1.83. The molecule has 0 aliphatic heterocycles. The number of pyridine rings is 1. The lowest BCUT2D eigenvalue weighted by Crippen LogP contribution is -2.45. The van der Waals surface area contributed by atoms with Gasteiger partial charge in [0.2, 0.25) is 0 Å². The molecular weight excluding hydrogens is 416 g/mol. The summed E-state index contributed by atoms with van der Waals surface area (Å²) >= 11 is 9.87. The van der Waals surface area contributed by atoms with E-state index in [4.69, 9.17) is 22.1 Å². The second-order valence-corrected chi connectivity index (χ2v) is 8.60. The maximum Gasteiger partial charge on any atom is 0.255 e. The van der Waals surface area contributed by atoms with E-state index in [0.29, 0.717) is 16.2 Å². The number of fused-ring (bicyclic) bond motifs is 1. The number of nitrogens with two attached hydrogens (primary N) is 1. The van der Waals surface area contributed by atoms with Gasteiger partial charge in [0.1, 0.15) is 5.75 Å². The first-order valence-electron chi connectivity index (χ1n) is 9.33. The molecular formula is C20H26BrClN2O2. The van der Waals surface area contributed by atoms with Crippen LogP contribution in [0.3, 0.4) is 0 Å². The summed E-state index contributed by atoms with van der Waals surface area (Å²) < 4.78 is 7.05. The van der Waals surface area contributed by atoms with Crippen molar-refractivity contribution in [3.8, 4) is 5.75 Å². The van der Waals surface area contributed by atoms with E-state index >= 15 is 0 Å². The first kappa shape index (κ1) is 19.7. The Morgan fingerprint density at radius 2 is 2.04 bits per heavy atom. The molecule has 1 fully saturated rings. The fourth-order valence-electron chi connectivity index (χ4n) is 4.20. The van der Waals surface area contributed by atoms with Gasteiger partial charge in [0.25, 0.3) is 5.56 Å². The van der Waals surface area contributed by atoms with Crippen molar-refractivity contribution in [3.63, 3.8) is 0 Å². The van der Waals surface area contributed by atoms with Crippen molar-refractivity contribution >= 4 is 38.3 Å². The number of hydrogen-bond acceptors (Lipinski definition) is 3. The number of benzene rings is 1. The Labute approximate surface area is 167 Å². The smallest absolute Gasteiger partial charge is 0.255 e. The summed E-state index contributed by atoms with van der Waals surface area (Å²) in [7, 11) is 0. The number of hydrogen-bond donors (Lipinski definition) is 2. The van der Waals surface area contributed by atoms with Gasteiger partial charge < -0.3 is 15.5 Å². The van der Waals surface area contributed by atoms with E-state index in [1.807, 2.05) is 6.07 Å². The highest BCUT2D eigenvalue weighted by Crippen LogP contribution is 2.44. The highest BCUT2D eigenvalue weighted by atomic mass is 79.9. The third-order valence-electron chi connectivity index (χ3n) is 6.06. The molecule has 6 heteroatoms. The van der Waals surface area contributed by atoms with Crippen molar-refractivity contribution in [2.24, 2.45) is 11.1 Å². The topological polar surface area (TPSA) is 68.1 Å². The molecule has 0 bridgehead atoms. The zero-order valence-electron chi connectivity index (χ0n) is 15.3. The quantitative estimate of drug-likeness (QED) is 0.653. The highest BCUT2D eigenvalue weighted by Gasteiger charge is 2.38. The third-order valence-corrected chi connectivity index (χ3v) is 7.01. The van der Waals surface area contributed by atoms with Crippen molar-refractivity contribution in [3.05, 3.63) is 38.2 Å². The van der Waals surface area contributed by atoms with E-state index < -0.39 is 0 Å². The summed E-state index contributed by atoms with van der Waals surface area (Å²) in [6.07, 6.45) is 8.02. The molecule has 2 aromatic rings. The van der Waals surface area contributed by atoms with Gasteiger partial charge in [-0.2, -0.15) is 0 Å². The number of rotatable bonds is 5. The zero-order valence-corrected chi connectivity index (χ0v) is 17.6. The Kier molecular flexibility index (Phi) is 6.00. The van der Waals surface area contributed by atoms with Gasteiger partial charge in [-0.05, 0) is 72.0 Å². The van der Waals surface area contributed by atoms with Crippen LogP contribution in [0.25, 0.3) is 10.8 Å². The molecule has 3 N–H and O–H groups in total. The van der Waals surface area contributed by atoms with E-state index in [-0.39, 0.29) is 23.1 Å². The van der Waals surface area contributed by atoms with E-state index in [9.17, 15) is 4.79 Å². The van der Waals surface area contributed by atoms with Gasteiger partial charge in [-0.1, -0.05) is 25.4 Å². The molecule has 26 heavy (non-hydrogen) atoms. The molecule has 1 aliphatic carbocycles. The van der Waals surface area contributed by atoms with Crippen LogP contribution in [0.5, 0.6) is 5.75 Å². The standard InChI is InChI=1S/C20H26BrClN2O2/c1-3-18(23)20(4-2)7-5-12(6-8-20)26-17-10-13-14(9-16(17)22)19(25)24-11-15(13)21/h9-12,18H,3-8,23H2,1-2H3,(H,24,25)/t12-,18?,20+. The fraction of sp³-hybridized carbons (Fsp3) is 0.550. The van der Waals surface area contributed by atoms with E-state index in [2.05, 4.69) is 34.8 Å². The lowest BCUT2D eigenvalue weighted by Gasteiger charge is -2.43. The molecule has 142 valence electrons. The van der Waals surface area contributed by atoms with Crippen LogP contribution in [0.2, 0.25) is 5.02 Å². The highest BCUT2D eigenvalue weighted by molar-refractivity contribution is 9.10. The number of nitrogens with one attached hydrogen (secondary N) is 1. The molecule has 0 spiro atoms. The SMILES string of the molecule is CCC(N)[C@]1(CC)CC[C@H](Oc2cc3c(Br)c[nH]c(=O)c3cc2Cl)CC1. The second-order valence-electron chi connectivity index (χ2n) is 7.34. The average Bonchev–Trinajstić information content (AvgIpc) is 2.66. The van der Waals surface area contributed by atoms with Crippen molar-refractivity contribution in [2.75, 3.05) is 0 Å². The van der Waals surface area contributed by atoms with Crippen LogP contribution in [0, 0.1) is 5.41 Å². The van der Waals surface area contributed by atoms with Gasteiger partial charge in [-0.15, -0.1) is 0 Å². The first-order chi connectivity index (χ1) is 12.4. The molecule has 0 saturated heterocycles. The van der Waals surface area contributed by atoms with E-state index in [1.165, 1.54) is 0 Å². The Hall–Kier alpha value is -1.04. The maximum atomic E-state index is 12.0. The number of ether oxygens (including phenoxy) is 1. The summed E-state index contributed by atoms with van der Waals surface area (Å²) in [6, 6.07) is 3.79. The molecule has 1 unspecified atom stereocenters. The molecule has 4 nitrogen and oxygen atoms in total. The van der Waals surface area contributed by atoms with Crippen LogP contribution in [0.4, 0.5) is 0 Å². The molecule has 3 rings (SSSR count). The van der Waals surface area contributed by atoms with E-state index in [0.717, 1.165) is 48.4 Å². The Morgan fingerprint density at radius 1 is 1.35 bits per heavy atom. The van der Waals surface area contributed by atoms with Gasteiger partial charge >= 0.3 is 0 Å². The summed E-state index contributed by atoms with van der Waals surface area (Å²) in [4.78, 5) is 14.7.